The number of carbonyl (C=O) groups excluding carboxylic acids is 1. The maximum Gasteiger partial charge on any atom is 0.416 e. The molecule has 4 aromatic carbocycles. The molecule has 7 nitrogen and oxygen atoms in total. The van der Waals surface area contributed by atoms with Crippen LogP contribution in [0.2, 0.25) is 0 Å². The number of nitrogens with one attached hydrogen (secondary N) is 2. The lowest BCUT2D eigenvalue weighted by Gasteiger charge is -2.26. The molecule has 0 aromatic heterocycles. The molecule has 0 spiro atoms. The highest BCUT2D eigenvalue weighted by atomic mass is 32.2. The number of urea groups is 1. The number of hydrogen-bond acceptors (Lipinski definition) is 5. The lowest BCUT2D eigenvalue weighted by Crippen LogP contribution is -2.39. The molecular weight excluding hydrogens is 541 g/mol. The van der Waals surface area contributed by atoms with E-state index in [1.54, 1.807) is 60.7 Å². The van der Waals surface area contributed by atoms with Crippen molar-refractivity contribution >= 4 is 27.2 Å². The minimum absolute atomic E-state index is 0.00549. The molecule has 0 radical (unpaired) electrons. The van der Waals surface area contributed by atoms with Crippen LogP contribution < -0.4 is 16.5 Å². The largest absolute Gasteiger partial charge is 0.416 e. The lowest BCUT2D eigenvalue weighted by atomic mass is 10.1. The van der Waals surface area contributed by atoms with Crippen molar-refractivity contribution < 1.29 is 26.4 Å². The topological polar surface area (TPSA) is 105 Å². The normalized spacial score (nSPS) is 11.6. The summed E-state index contributed by atoms with van der Waals surface area (Å²) in [5.41, 5.74) is 10.0. The Labute approximate surface area is 230 Å². The molecule has 0 bridgehead atoms. The third-order valence-electron chi connectivity index (χ3n) is 6.04. The molecule has 4 aromatic rings. The van der Waals surface area contributed by atoms with Gasteiger partial charge in [-0.25, -0.2) is 18.2 Å². The molecule has 4 N–H and O–H groups in total. The van der Waals surface area contributed by atoms with E-state index in [9.17, 15) is 26.4 Å². The van der Waals surface area contributed by atoms with Crippen molar-refractivity contribution in [3.63, 3.8) is 0 Å². The van der Waals surface area contributed by atoms with Crippen LogP contribution in [-0.2, 0) is 29.1 Å². The number of sulfone groups is 1. The monoisotopic (exact) mass is 568 g/mol. The molecule has 11 heteroatoms. The van der Waals surface area contributed by atoms with Crippen LogP contribution >= 0.6 is 0 Å². The number of carbonyl (C=O) groups is 1. The Morgan fingerprint density at radius 3 is 2.25 bits per heavy atom. The van der Waals surface area contributed by atoms with Gasteiger partial charge in [-0.2, -0.15) is 13.2 Å². The van der Waals surface area contributed by atoms with Crippen LogP contribution in [0.1, 0.15) is 16.7 Å². The number of alkyl halides is 3. The number of nitrogens with zero attached hydrogens (tertiary/aromatic N) is 1. The van der Waals surface area contributed by atoms with E-state index in [0.29, 0.717) is 16.8 Å². The van der Waals surface area contributed by atoms with Gasteiger partial charge in [-0.1, -0.05) is 66.7 Å². The van der Waals surface area contributed by atoms with Gasteiger partial charge in [0.2, 0.25) is 0 Å². The van der Waals surface area contributed by atoms with Crippen LogP contribution in [0.3, 0.4) is 0 Å². The van der Waals surface area contributed by atoms with Crippen LogP contribution in [0.5, 0.6) is 0 Å². The van der Waals surface area contributed by atoms with E-state index >= 15 is 0 Å². The number of hydrazine groups is 1. The van der Waals surface area contributed by atoms with Crippen molar-refractivity contribution in [2.45, 2.75) is 24.2 Å². The van der Waals surface area contributed by atoms with Gasteiger partial charge in [-0.15, -0.1) is 0 Å². The second-order valence-electron chi connectivity index (χ2n) is 9.04. The average molecular weight is 569 g/mol. The Hall–Kier alpha value is -4.35. The van der Waals surface area contributed by atoms with Gasteiger partial charge < -0.3 is 11.1 Å². The fraction of sp³-hybridized carbons (Fsp3) is 0.138. The maximum absolute atomic E-state index is 13.7. The Balaban J connectivity index is 1.69. The predicted molar refractivity (Wildman–Crippen MR) is 149 cm³/mol. The maximum atomic E-state index is 13.7. The highest BCUT2D eigenvalue weighted by Gasteiger charge is 2.34. The molecule has 4 rings (SSSR count). The van der Waals surface area contributed by atoms with E-state index in [1.807, 2.05) is 0 Å². The van der Waals surface area contributed by atoms with Crippen LogP contribution in [0.4, 0.5) is 29.3 Å². The molecule has 0 aliphatic rings. The van der Waals surface area contributed by atoms with E-state index in [2.05, 4.69) is 10.7 Å². The quantitative estimate of drug-likeness (QED) is 0.217. The third kappa shape index (κ3) is 6.99. The minimum atomic E-state index is -4.63. The van der Waals surface area contributed by atoms with Crippen molar-refractivity contribution in [3.05, 3.63) is 114 Å². The summed E-state index contributed by atoms with van der Waals surface area (Å²) in [5.74, 6) is 0. The fourth-order valence-electron chi connectivity index (χ4n) is 4.14. The van der Waals surface area contributed by atoms with Crippen molar-refractivity contribution in [1.82, 2.24) is 5.01 Å². The van der Waals surface area contributed by atoms with Crippen LogP contribution in [-0.4, -0.2) is 25.7 Å². The molecule has 0 heterocycles. The molecule has 0 saturated heterocycles. The number of amides is 2. The van der Waals surface area contributed by atoms with E-state index < -0.39 is 34.2 Å². The molecule has 40 heavy (non-hydrogen) atoms. The Kier molecular flexibility index (Phi) is 8.46. The third-order valence-corrected chi connectivity index (χ3v) is 7.18. The molecule has 0 aliphatic carbocycles. The first-order valence-corrected chi connectivity index (χ1v) is 14.0. The Morgan fingerprint density at radius 2 is 1.57 bits per heavy atom. The Morgan fingerprint density at radius 1 is 0.875 bits per heavy atom. The van der Waals surface area contributed by atoms with Gasteiger partial charge in [0.1, 0.15) is 0 Å². The SMILES string of the molecule is CS(=O)(=O)c1cc(NC(=O)N(Cc2ccccc2C(F)(F)F)Nc2cccc(CN)c2)ccc1-c1ccccc1. The summed E-state index contributed by atoms with van der Waals surface area (Å²) in [6, 6.07) is 24.3. The molecule has 0 aliphatic heterocycles. The standard InChI is InChI=1S/C29H27F3N4O3S/c1-40(38,39)27-17-23(14-15-25(27)21-9-3-2-4-10-21)34-28(37)36(35-24-12-7-8-20(16-24)18-33)19-22-11-5-6-13-26(22)29(30,31)32/h2-17,35H,18-19,33H2,1H3,(H,34,37). The first-order chi connectivity index (χ1) is 19.0. The van der Waals surface area contributed by atoms with Crippen LogP contribution in [0.15, 0.2) is 102 Å². The predicted octanol–water partition coefficient (Wildman–Crippen LogP) is 6.30. The van der Waals surface area contributed by atoms with Gasteiger partial charge >= 0.3 is 12.2 Å². The first-order valence-electron chi connectivity index (χ1n) is 12.1. The number of benzene rings is 4. The van der Waals surface area contributed by atoms with Gasteiger partial charge in [0.05, 0.1) is 22.7 Å². The van der Waals surface area contributed by atoms with Gasteiger partial charge in [0, 0.05) is 24.1 Å². The number of nitrogens with two attached hydrogens (primary N) is 1. The smallest absolute Gasteiger partial charge is 0.326 e. The van der Waals surface area contributed by atoms with Gasteiger partial charge in [-0.3, -0.25) is 5.43 Å². The number of halogens is 3. The minimum Gasteiger partial charge on any atom is -0.326 e. The number of rotatable bonds is 8. The highest BCUT2D eigenvalue weighted by Crippen LogP contribution is 2.33. The van der Waals surface area contributed by atoms with E-state index in [-0.39, 0.29) is 22.7 Å². The fourth-order valence-corrected chi connectivity index (χ4v) is 5.07. The highest BCUT2D eigenvalue weighted by molar-refractivity contribution is 7.90. The molecule has 0 saturated carbocycles. The van der Waals surface area contributed by atoms with Crippen molar-refractivity contribution in [2.24, 2.45) is 5.73 Å². The summed E-state index contributed by atoms with van der Waals surface area (Å²) >= 11 is 0. The van der Waals surface area contributed by atoms with E-state index in [1.165, 1.54) is 30.3 Å². The first kappa shape index (κ1) is 28.7. The molecule has 0 fully saturated rings. The molecular formula is C29H27F3N4O3S. The van der Waals surface area contributed by atoms with E-state index in [4.69, 9.17) is 5.73 Å². The van der Waals surface area contributed by atoms with Gasteiger partial charge in [-0.05, 0) is 47.0 Å². The zero-order valence-corrected chi connectivity index (χ0v) is 22.3. The van der Waals surface area contributed by atoms with Crippen molar-refractivity contribution in [1.29, 1.82) is 0 Å². The summed E-state index contributed by atoms with van der Waals surface area (Å²) in [6.07, 6.45) is -3.57. The van der Waals surface area contributed by atoms with Crippen molar-refractivity contribution in [2.75, 3.05) is 17.0 Å². The van der Waals surface area contributed by atoms with Crippen LogP contribution in [0, 0.1) is 0 Å². The second-order valence-corrected chi connectivity index (χ2v) is 11.0. The van der Waals surface area contributed by atoms with Gasteiger partial charge in [0.15, 0.2) is 9.84 Å². The Bertz CT molecular complexity index is 1610. The summed E-state index contributed by atoms with van der Waals surface area (Å²) < 4.78 is 66.3. The second kappa shape index (κ2) is 11.8. The molecule has 208 valence electrons. The average Bonchev–Trinajstić information content (AvgIpc) is 2.92. The van der Waals surface area contributed by atoms with Gasteiger partial charge in [0.25, 0.3) is 0 Å². The number of hydrogen-bond donors (Lipinski definition) is 3. The summed E-state index contributed by atoms with van der Waals surface area (Å²) in [5, 5.41) is 3.61. The summed E-state index contributed by atoms with van der Waals surface area (Å²) in [6.45, 7) is -0.226. The molecule has 2 amide bonds. The number of anilines is 2. The summed E-state index contributed by atoms with van der Waals surface area (Å²) in [7, 11) is -3.70. The van der Waals surface area contributed by atoms with Crippen LogP contribution in [0.25, 0.3) is 11.1 Å². The lowest BCUT2D eigenvalue weighted by molar-refractivity contribution is -0.138. The molecule has 0 atom stereocenters. The molecule has 0 unspecified atom stereocenters. The zero-order chi connectivity index (χ0) is 28.9. The zero-order valence-electron chi connectivity index (χ0n) is 21.4. The van der Waals surface area contributed by atoms with Crippen molar-refractivity contribution in [3.8, 4) is 11.1 Å². The summed E-state index contributed by atoms with van der Waals surface area (Å²) in [4.78, 5) is 13.4. The van der Waals surface area contributed by atoms with E-state index in [0.717, 1.165) is 22.9 Å².